The fourth-order valence-corrected chi connectivity index (χ4v) is 2.59. The molecule has 1 N–H and O–H groups in total. The molecule has 0 aromatic carbocycles. The van der Waals surface area contributed by atoms with Crippen LogP contribution in [-0.2, 0) is 4.79 Å². The molecule has 2 nitrogen and oxygen atoms in total. The normalized spacial score (nSPS) is 29.2. The number of rotatable bonds is 6. The molecule has 0 aliphatic heterocycles. The van der Waals surface area contributed by atoms with Crippen molar-refractivity contribution < 1.29 is 9.90 Å². The lowest BCUT2D eigenvalue weighted by atomic mass is 9.65. The Bertz CT molecular complexity index is 317. The summed E-state index contributed by atoms with van der Waals surface area (Å²) in [6, 6.07) is 0. The van der Waals surface area contributed by atoms with E-state index in [4.69, 9.17) is 0 Å². The predicted octanol–water partition coefficient (Wildman–Crippen LogP) is 4.04. The Kier molecular flexibility index (Phi) is 4.98. The van der Waals surface area contributed by atoms with Gasteiger partial charge in [0.1, 0.15) is 0 Å². The molecule has 3 unspecified atom stereocenters. The Morgan fingerprint density at radius 1 is 1.41 bits per heavy atom. The predicted molar refractivity (Wildman–Crippen MR) is 70.8 cm³/mol. The van der Waals surface area contributed by atoms with Gasteiger partial charge in [0.05, 0.1) is 5.92 Å². The van der Waals surface area contributed by atoms with Gasteiger partial charge in [-0.2, -0.15) is 0 Å². The van der Waals surface area contributed by atoms with Crippen LogP contribution in [0.25, 0.3) is 0 Å². The largest absolute Gasteiger partial charge is 0.481 e. The summed E-state index contributed by atoms with van der Waals surface area (Å²) >= 11 is 0. The molecule has 1 aliphatic carbocycles. The van der Waals surface area contributed by atoms with Crippen molar-refractivity contribution in [2.45, 2.75) is 46.5 Å². The third-order valence-electron chi connectivity index (χ3n) is 4.09. The molecule has 0 spiro atoms. The quantitative estimate of drug-likeness (QED) is 0.707. The summed E-state index contributed by atoms with van der Waals surface area (Å²) in [5.41, 5.74) is -0.242. The fourth-order valence-electron chi connectivity index (χ4n) is 2.59. The van der Waals surface area contributed by atoms with Crippen LogP contribution in [0.15, 0.2) is 24.3 Å². The molecule has 1 rings (SSSR count). The Hall–Kier alpha value is -1.05. The fraction of sp³-hybridized carbons (Fsp3) is 0.667. The highest BCUT2D eigenvalue weighted by molar-refractivity contribution is 5.71. The molecule has 17 heavy (non-hydrogen) atoms. The lowest BCUT2D eigenvalue weighted by Gasteiger charge is -2.38. The number of hydrogen-bond acceptors (Lipinski definition) is 1. The first-order valence-corrected chi connectivity index (χ1v) is 6.61. The Balaban J connectivity index is 2.78. The van der Waals surface area contributed by atoms with Crippen LogP contribution in [0.2, 0.25) is 0 Å². The van der Waals surface area contributed by atoms with Gasteiger partial charge in [0.15, 0.2) is 0 Å². The van der Waals surface area contributed by atoms with Crippen molar-refractivity contribution in [3.05, 3.63) is 24.3 Å². The van der Waals surface area contributed by atoms with Crippen molar-refractivity contribution in [1.82, 2.24) is 0 Å². The van der Waals surface area contributed by atoms with Gasteiger partial charge in [-0.15, -0.1) is 0 Å². The van der Waals surface area contributed by atoms with E-state index in [0.29, 0.717) is 0 Å². The summed E-state index contributed by atoms with van der Waals surface area (Å²) in [5.74, 6) is -0.643. The highest BCUT2D eigenvalue weighted by Gasteiger charge is 2.40. The minimum absolute atomic E-state index is 0.242. The van der Waals surface area contributed by atoms with Crippen molar-refractivity contribution in [1.29, 1.82) is 0 Å². The lowest BCUT2D eigenvalue weighted by molar-refractivity contribution is -0.146. The van der Waals surface area contributed by atoms with Crippen LogP contribution in [0.4, 0.5) is 0 Å². The van der Waals surface area contributed by atoms with Crippen LogP contribution in [0, 0.1) is 17.3 Å². The van der Waals surface area contributed by atoms with Crippen LogP contribution >= 0.6 is 0 Å². The smallest absolute Gasteiger partial charge is 0.307 e. The maximum absolute atomic E-state index is 11.5. The van der Waals surface area contributed by atoms with Crippen molar-refractivity contribution in [2.75, 3.05) is 0 Å². The van der Waals surface area contributed by atoms with Gasteiger partial charge in [-0.05, 0) is 12.3 Å². The SMILES string of the molecule is CCCCCC(C(=O)O)C1(C)C=CC=CC1C. The Morgan fingerprint density at radius 2 is 2.12 bits per heavy atom. The van der Waals surface area contributed by atoms with E-state index in [0.717, 1.165) is 25.7 Å². The molecule has 0 bridgehead atoms. The zero-order chi connectivity index (χ0) is 12.9. The Morgan fingerprint density at radius 3 is 2.65 bits per heavy atom. The van der Waals surface area contributed by atoms with E-state index in [-0.39, 0.29) is 17.3 Å². The molecular formula is C15H24O2. The highest BCUT2D eigenvalue weighted by Crippen LogP contribution is 2.42. The maximum atomic E-state index is 11.5. The molecule has 0 radical (unpaired) electrons. The number of carboxylic acids is 1. The van der Waals surface area contributed by atoms with Gasteiger partial charge in [-0.25, -0.2) is 0 Å². The number of carbonyl (C=O) groups is 1. The zero-order valence-corrected chi connectivity index (χ0v) is 11.1. The van der Waals surface area contributed by atoms with E-state index in [2.05, 4.69) is 32.9 Å². The average molecular weight is 236 g/mol. The first-order chi connectivity index (χ1) is 8.02. The summed E-state index contributed by atoms with van der Waals surface area (Å²) in [7, 11) is 0. The van der Waals surface area contributed by atoms with Crippen molar-refractivity contribution in [2.24, 2.45) is 17.3 Å². The Labute approximate surface area is 104 Å². The average Bonchev–Trinajstić information content (AvgIpc) is 2.28. The van der Waals surface area contributed by atoms with Gasteiger partial charge < -0.3 is 5.11 Å². The monoisotopic (exact) mass is 236 g/mol. The van der Waals surface area contributed by atoms with Crippen LogP contribution in [0.5, 0.6) is 0 Å². The second-order valence-corrected chi connectivity index (χ2v) is 5.29. The van der Waals surface area contributed by atoms with Crippen molar-refractivity contribution >= 4 is 5.97 Å². The molecule has 0 amide bonds. The second-order valence-electron chi connectivity index (χ2n) is 5.29. The molecule has 3 atom stereocenters. The number of hydrogen-bond donors (Lipinski definition) is 1. The molecule has 96 valence electrons. The first kappa shape index (κ1) is 14.0. The van der Waals surface area contributed by atoms with E-state index < -0.39 is 5.97 Å². The summed E-state index contributed by atoms with van der Waals surface area (Å²) in [6.45, 7) is 6.32. The number of aliphatic carboxylic acids is 1. The maximum Gasteiger partial charge on any atom is 0.307 e. The molecular weight excluding hydrogens is 212 g/mol. The summed E-state index contributed by atoms with van der Waals surface area (Å²) in [5, 5.41) is 9.45. The van der Waals surface area contributed by atoms with Gasteiger partial charge in [-0.3, -0.25) is 4.79 Å². The van der Waals surface area contributed by atoms with Gasteiger partial charge in [0, 0.05) is 5.41 Å². The standard InChI is InChI=1S/C15H24O2/c1-4-5-6-10-13(14(16)17)15(3)11-8-7-9-12(15)2/h7-9,11-13H,4-6,10H2,1-3H3,(H,16,17). The molecule has 0 aromatic rings. The summed E-state index contributed by atoms with van der Waals surface area (Å²) in [4.78, 5) is 11.5. The second kappa shape index (κ2) is 6.04. The van der Waals surface area contributed by atoms with Crippen molar-refractivity contribution in [3.63, 3.8) is 0 Å². The first-order valence-electron chi connectivity index (χ1n) is 6.61. The lowest BCUT2D eigenvalue weighted by Crippen LogP contribution is -2.37. The van der Waals surface area contributed by atoms with E-state index in [9.17, 15) is 9.90 Å². The van der Waals surface area contributed by atoms with Crippen LogP contribution in [-0.4, -0.2) is 11.1 Å². The van der Waals surface area contributed by atoms with E-state index in [1.165, 1.54) is 0 Å². The molecule has 0 heterocycles. The molecule has 0 saturated carbocycles. The molecule has 1 aliphatic rings. The van der Waals surface area contributed by atoms with Crippen LogP contribution < -0.4 is 0 Å². The minimum atomic E-state index is -0.657. The van der Waals surface area contributed by atoms with E-state index in [1.807, 2.05) is 12.2 Å². The molecule has 0 saturated heterocycles. The van der Waals surface area contributed by atoms with Crippen LogP contribution in [0.3, 0.4) is 0 Å². The number of carboxylic acid groups (broad SMARTS) is 1. The van der Waals surface area contributed by atoms with E-state index in [1.54, 1.807) is 0 Å². The molecule has 0 aromatic heterocycles. The summed E-state index contributed by atoms with van der Waals surface area (Å²) in [6.07, 6.45) is 12.2. The van der Waals surface area contributed by atoms with Gasteiger partial charge >= 0.3 is 5.97 Å². The van der Waals surface area contributed by atoms with E-state index >= 15 is 0 Å². The highest BCUT2D eigenvalue weighted by atomic mass is 16.4. The van der Waals surface area contributed by atoms with Gasteiger partial charge in [-0.1, -0.05) is 64.3 Å². The topological polar surface area (TPSA) is 37.3 Å². The zero-order valence-electron chi connectivity index (χ0n) is 11.1. The number of unbranched alkanes of at least 4 members (excludes halogenated alkanes) is 2. The third kappa shape index (κ3) is 3.21. The molecule has 2 heteroatoms. The summed E-state index contributed by atoms with van der Waals surface area (Å²) < 4.78 is 0. The van der Waals surface area contributed by atoms with Gasteiger partial charge in [0.25, 0.3) is 0 Å². The molecule has 0 fully saturated rings. The van der Waals surface area contributed by atoms with Crippen molar-refractivity contribution in [3.8, 4) is 0 Å². The third-order valence-corrected chi connectivity index (χ3v) is 4.09. The minimum Gasteiger partial charge on any atom is -0.481 e. The van der Waals surface area contributed by atoms with Crippen LogP contribution in [0.1, 0.15) is 46.5 Å². The number of allylic oxidation sites excluding steroid dienone is 4. The van der Waals surface area contributed by atoms with Gasteiger partial charge in [0.2, 0.25) is 0 Å².